The van der Waals surface area contributed by atoms with E-state index in [1.165, 1.54) is 0 Å². The molecule has 1 heterocycles. The van der Waals surface area contributed by atoms with Gasteiger partial charge in [-0.2, -0.15) is 0 Å². The molecule has 16 heavy (non-hydrogen) atoms. The van der Waals surface area contributed by atoms with Gasteiger partial charge >= 0.3 is 0 Å². The summed E-state index contributed by atoms with van der Waals surface area (Å²) in [7, 11) is 0. The number of halogens is 1. The lowest BCUT2D eigenvalue weighted by atomic mass is 10.1. The van der Waals surface area contributed by atoms with E-state index in [2.05, 4.69) is 43.0 Å². The highest BCUT2D eigenvalue weighted by Gasteiger charge is 2.12. The van der Waals surface area contributed by atoms with Crippen LogP contribution in [0.2, 0.25) is 0 Å². The summed E-state index contributed by atoms with van der Waals surface area (Å²) in [6, 6.07) is 2.24. The van der Waals surface area contributed by atoms with Crippen LogP contribution in [0.4, 0.5) is 5.82 Å². The minimum atomic E-state index is 0.247. The van der Waals surface area contributed by atoms with Gasteiger partial charge in [0, 0.05) is 23.7 Å². The van der Waals surface area contributed by atoms with E-state index in [0.29, 0.717) is 17.7 Å². The Balaban J connectivity index is 2.76. The van der Waals surface area contributed by atoms with Gasteiger partial charge in [-0.3, -0.25) is 0 Å². The Labute approximate surface area is 103 Å². The highest BCUT2D eigenvalue weighted by atomic mass is 35.5. The molecule has 4 heteroatoms. The van der Waals surface area contributed by atoms with Gasteiger partial charge in [-0.1, -0.05) is 27.7 Å². The van der Waals surface area contributed by atoms with Crippen molar-refractivity contribution in [3.05, 3.63) is 18.1 Å². The van der Waals surface area contributed by atoms with Gasteiger partial charge in [-0.25, -0.2) is 9.97 Å². The number of hydrogen-bond donors (Lipinski definition) is 1. The first-order valence-corrected chi connectivity index (χ1v) is 6.22. The van der Waals surface area contributed by atoms with Crippen LogP contribution < -0.4 is 5.32 Å². The van der Waals surface area contributed by atoms with Crippen molar-refractivity contribution in [2.75, 3.05) is 11.2 Å². The van der Waals surface area contributed by atoms with Crippen LogP contribution in [0, 0.1) is 5.92 Å². The molecule has 3 nitrogen and oxygen atoms in total. The second kappa shape index (κ2) is 6.04. The Morgan fingerprint density at radius 2 is 1.94 bits per heavy atom. The van der Waals surface area contributed by atoms with E-state index < -0.39 is 0 Å². The van der Waals surface area contributed by atoms with Crippen molar-refractivity contribution in [3.8, 4) is 0 Å². The summed E-state index contributed by atoms with van der Waals surface area (Å²) >= 11 is 5.91. The Morgan fingerprint density at radius 1 is 1.25 bits per heavy atom. The number of aromatic nitrogens is 2. The Kier molecular flexibility index (Phi) is 5.00. The summed E-state index contributed by atoms with van der Waals surface area (Å²) in [6.45, 7) is 8.52. The zero-order chi connectivity index (χ0) is 12.1. The second-order valence-electron chi connectivity index (χ2n) is 4.63. The van der Waals surface area contributed by atoms with E-state index in [1.54, 1.807) is 6.33 Å². The van der Waals surface area contributed by atoms with Crippen molar-refractivity contribution in [1.82, 2.24) is 9.97 Å². The number of rotatable bonds is 5. The van der Waals surface area contributed by atoms with Crippen LogP contribution in [0.5, 0.6) is 0 Å². The molecule has 0 aromatic carbocycles. The molecule has 1 aromatic heterocycles. The Hall–Kier alpha value is -0.830. The maximum absolute atomic E-state index is 5.91. The van der Waals surface area contributed by atoms with Crippen LogP contribution in [0.3, 0.4) is 0 Å². The van der Waals surface area contributed by atoms with Gasteiger partial charge in [0.05, 0.1) is 0 Å². The van der Waals surface area contributed by atoms with E-state index >= 15 is 0 Å². The van der Waals surface area contributed by atoms with Gasteiger partial charge in [-0.05, 0) is 11.8 Å². The lowest BCUT2D eigenvalue weighted by Gasteiger charge is -2.20. The summed E-state index contributed by atoms with van der Waals surface area (Å²) in [4.78, 5) is 8.44. The third-order valence-corrected chi connectivity index (χ3v) is 2.92. The fourth-order valence-corrected chi connectivity index (χ4v) is 1.77. The molecular formula is C12H20ClN3. The molecular weight excluding hydrogens is 222 g/mol. The first-order valence-electron chi connectivity index (χ1n) is 5.69. The molecule has 1 atom stereocenters. The van der Waals surface area contributed by atoms with Crippen molar-refractivity contribution >= 4 is 17.4 Å². The number of anilines is 1. The largest absolute Gasteiger partial charge is 0.366 e. The standard InChI is InChI=1S/C12H20ClN3/c1-8(2)10-5-12(15-7-14-10)16-11(6-13)9(3)4/h5,7-9,11H,6H2,1-4H3,(H,14,15,16). The van der Waals surface area contributed by atoms with E-state index in [4.69, 9.17) is 11.6 Å². The minimum Gasteiger partial charge on any atom is -0.366 e. The summed E-state index contributed by atoms with van der Waals surface area (Å²) < 4.78 is 0. The quantitative estimate of drug-likeness (QED) is 0.804. The second-order valence-corrected chi connectivity index (χ2v) is 4.94. The first kappa shape index (κ1) is 13.2. The van der Waals surface area contributed by atoms with E-state index in [-0.39, 0.29) is 6.04 Å². The normalized spacial score (nSPS) is 13.2. The van der Waals surface area contributed by atoms with Crippen LogP contribution in [0.1, 0.15) is 39.3 Å². The summed E-state index contributed by atoms with van der Waals surface area (Å²) in [5, 5.41) is 3.34. The molecule has 0 spiro atoms. The van der Waals surface area contributed by atoms with Crippen molar-refractivity contribution in [3.63, 3.8) is 0 Å². The first-order chi connectivity index (χ1) is 7.54. The Morgan fingerprint density at radius 3 is 2.44 bits per heavy atom. The molecule has 90 valence electrons. The molecule has 0 saturated carbocycles. The molecule has 0 aliphatic rings. The minimum absolute atomic E-state index is 0.247. The Bertz CT molecular complexity index is 326. The molecule has 0 amide bonds. The van der Waals surface area contributed by atoms with Gasteiger partial charge in [0.2, 0.25) is 0 Å². The zero-order valence-electron chi connectivity index (χ0n) is 10.4. The van der Waals surface area contributed by atoms with Crippen molar-refractivity contribution < 1.29 is 0 Å². The van der Waals surface area contributed by atoms with Crippen LogP contribution in [0.15, 0.2) is 12.4 Å². The number of nitrogens with zero attached hydrogens (tertiary/aromatic N) is 2. The highest BCUT2D eigenvalue weighted by Crippen LogP contribution is 2.16. The summed E-state index contributed by atoms with van der Waals surface area (Å²) in [5.41, 5.74) is 1.05. The molecule has 0 radical (unpaired) electrons. The molecule has 0 aliphatic heterocycles. The smallest absolute Gasteiger partial charge is 0.129 e. The average Bonchev–Trinajstić information content (AvgIpc) is 2.25. The monoisotopic (exact) mass is 241 g/mol. The molecule has 1 unspecified atom stereocenters. The third-order valence-electron chi connectivity index (χ3n) is 2.58. The number of nitrogens with one attached hydrogen (secondary N) is 1. The van der Waals surface area contributed by atoms with Gasteiger partial charge in [0.15, 0.2) is 0 Å². The van der Waals surface area contributed by atoms with E-state index in [0.717, 1.165) is 11.5 Å². The van der Waals surface area contributed by atoms with Crippen LogP contribution in [-0.4, -0.2) is 21.9 Å². The highest BCUT2D eigenvalue weighted by molar-refractivity contribution is 6.18. The third kappa shape index (κ3) is 3.63. The van der Waals surface area contributed by atoms with Crippen LogP contribution in [0.25, 0.3) is 0 Å². The van der Waals surface area contributed by atoms with Crippen molar-refractivity contribution in [2.45, 2.75) is 39.7 Å². The molecule has 1 rings (SSSR count). The molecule has 0 bridgehead atoms. The van der Waals surface area contributed by atoms with Crippen LogP contribution >= 0.6 is 11.6 Å². The molecule has 1 aromatic rings. The average molecular weight is 242 g/mol. The van der Waals surface area contributed by atoms with Crippen molar-refractivity contribution in [2.24, 2.45) is 5.92 Å². The van der Waals surface area contributed by atoms with Gasteiger partial charge in [-0.15, -0.1) is 11.6 Å². The zero-order valence-corrected chi connectivity index (χ0v) is 11.1. The van der Waals surface area contributed by atoms with E-state index in [1.807, 2.05) is 6.07 Å². The molecule has 0 fully saturated rings. The summed E-state index contributed by atoms with van der Waals surface area (Å²) in [6.07, 6.45) is 1.60. The SMILES string of the molecule is CC(C)c1cc(NC(CCl)C(C)C)ncn1. The van der Waals surface area contributed by atoms with Gasteiger partial charge in [0.25, 0.3) is 0 Å². The fraction of sp³-hybridized carbons (Fsp3) is 0.667. The predicted octanol–water partition coefficient (Wildman–Crippen LogP) is 3.28. The van der Waals surface area contributed by atoms with Crippen LogP contribution in [-0.2, 0) is 0 Å². The van der Waals surface area contributed by atoms with Gasteiger partial charge in [0.1, 0.15) is 12.1 Å². The fourth-order valence-electron chi connectivity index (χ4n) is 1.34. The molecule has 0 aliphatic carbocycles. The summed E-state index contributed by atoms with van der Waals surface area (Å²) in [5.74, 6) is 2.34. The number of hydrogen-bond acceptors (Lipinski definition) is 3. The molecule has 0 saturated heterocycles. The molecule has 1 N–H and O–H groups in total. The maximum Gasteiger partial charge on any atom is 0.129 e. The lowest BCUT2D eigenvalue weighted by molar-refractivity contribution is 0.562. The van der Waals surface area contributed by atoms with Crippen molar-refractivity contribution in [1.29, 1.82) is 0 Å². The van der Waals surface area contributed by atoms with E-state index in [9.17, 15) is 0 Å². The lowest BCUT2D eigenvalue weighted by Crippen LogP contribution is -2.27. The predicted molar refractivity (Wildman–Crippen MR) is 69.1 cm³/mol. The topological polar surface area (TPSA) is 37.8 Å². The van der Waals surface area contributed by atoms with Gasteiger partial charge < -0.3 is 5.32 Å². The maximum atomic E-state index is 5.91. The number of alkyl halides is 1.